The van der Waals surface area contributed by atoms with Gasteiger partial charge >= 0.3 is 17.8 Å². The van der Waals surface area contributed by atoms with Crippen LogP contribution >= 0.6 is 0 Å². The lowest BCUT2D eigenvalue weighted by atomic mass is 10.2. The highest BCUT2D eigenvalue weighted by Gasteiger charge is 2.15. The number of esters is 1. The van der Waals surface area contributed by atoms with E-state index in [0.29, 0.717) is 41.5 Å². The standard InChI is InChI=1S/C27H27N3O6/c1-4-34-21-13-11-20(12-14-21)27(33)36-23-15-10-19(16-24(23)35-5-2)17-28-30-26(32)25(31)29-22-9-7-6-8-18(22)3/h6-17H,4-5H2,1-3H3,(H,29,31)(H,30,32)/b28-17+. The molecule has 9 nitrogen and oxygen atoms in total. The van der Waals surface area contributed by atoms with Gasteiger partial charge in [0.1, 0.15) is 5.75 Å². The highest BCUT2D eigenvalue weighted by molar-refractivity contribution is 6.39. The summed E-state index contributed by atoms with van der Waals surface area (Å²) in [6, 6.07) is 18.5. The van der Waals surface area contributed by atoms with Crippen LogP contribution in [0.25, 0.3) is 0 Å². The lowest BCUT2D eigenvalue weighted by Gasteiger charge is -2.11. The molecule has 0 aromatic heterocycles. The number of aryl methyl sites for hydroxylation is 1. The lowest BCUT2D eigenvalue weighted by molar-refractivity contribution is -0.136. The number of rotatable bonds is 9. The van der Waals surface area contributed by atoms with E-state index in [4.69, 9.17) is 14.2 Å². The Hall–Kier alpha value is -4.66. The number of hydrazone groups is 1. The van der Waals surface area contributed by atoms with Gasteiger partial charge in [-0.2, -0.15) is 5.10 Å². The molecular weight excluding hydrogens is 462 g/mol. The molecule has 0 unspecified atom stereocenters. The molecule has 0 spiro atoms. The molecule has 2 amide bonds. The van der Waals surface area contributed by atoms with E-state index in [1.165, 1.54) is 6.21 Å². The van der Waals surface area contributed by atoms with Crippen LogP contribution < -0.4 is 25.0 Å². The maximum Gasteiger partial charge on any atom is 0.343 e. The van der Waals surface area contributed by atoms with Crippen molar-refractivity contribution in [2.75, 3.05) is 18.5 Å². The normalized spacial score (nSPS) is 10.5. The molecule has 0 bridgehead atoms. The average Bonchev–Trinajstić information content (AvgIpc) is 2.87. The van der Waals surface area contributed by atoms with Gasteiger partial charge < -0.3 is 19.5 Å². The molecule has 9 heteroatoms. The Balaban J connectivity index is 1.63. The van der Waals surface area contributed by atoms with Crippen molar-refractivity contribution in [3.8, 4) is 17.2 Å². The summed E-state index contributed by atoms with van der Waals surface area (Å²) in [7, 11) is 0. The molecule has 3 rings (SSSR count). The van der Waals surface area contributed by atoms with Gasteiger partial charge in [-0.1, -0.05) is 18.2 Å². The first-order valence-corrected chi connectivity index (χ1v) is 11.3. The number of nitrogens with zero attached hydrogens (tertiary/aromatic N) is 1. The molecule has 0 fully saturated rings. The number of hydrogen-bond donors (Lipinski definition) is 2. The van der Waals surface area contributed by atoms with Crippen LogP contribution in [0, 0.1) is 6.92 Å². The van der Waals surface area contributed by atoms with Gasteiger partial charge in [-0.25, -0.2) is 10.2 Å². The molecule has 0 heterocycles. The van der Waals surface area contributed by atoms with Crippen LogP contribution in [0.2, 0.25) is 0 Å². The monoisotopic (exact) mass is 489 g/mol. The van der Waals surface area contributed by atoms with Crippen molar-refractivity contribution in [2.24, 2.45) is 5.10 Å². The Morgan fingerprint density at radius 1 is 0.861 bits per heavy atom. The quantitative estimate of drug-likeness (QED) is 0.154. The minimum absolute atomic E-state index is 0.231. The van der Waals surface area contributed by atoms with E-state index in [1.54, 1.807) is 61.5 Å². The summed E-state index contributed by atoms with van der Waals surface area (Å²) in [5.74, 6) is -1.09. The van der Waals surface area contributed by atoms with Gasteiger partial charge in [0.05, 0.1) is 25.0 Å². The van der Waals surface area contributed by atoms with E-state index in [1.807, 2.05) is 26.0 Å². The van der Waals surface area contributed by atoms with Crippen molar-refractivity contribution in [2.45, 2.75) is 20.8 Å². The molecular formula is C27H27N3O6. The number of hydrogen-bond acceptors (Lipinski definition) is 7. The maximum absolute atomic E-state index is 12.6. The van der Waals surface area contributed by atoms with Crippen LogP contribution in [0.3, 0.4) is 0 Å². The zero-order valence-electron chi connectivity index (χ0n) is 20.2. The van der Waals surface area contributed by atoms with Gasteiger partial charge in [0.2, 0.25) is 0 Å². The van der Waals surface area contributed by atoms with Gasteiger partial charge in [-0.05, 0) is 80.4 Å². The number of carbonyl (C=O) groups is 3. The summed E-state index contributed by atoms with van der Waals surface area (Å²) in [5.41, 5.74) is 4.47. The lowest BCUT2D eigenvalue weighted by Crippen LogP contribution is -2.32. The van der Waals surface area contributed by atoms with Crippen molar-refractivity contribution in [3.63, 3.8) is 0 Å². The second kappa shape index (κ2) is 12.7. The van der Waals surface area contributed by atoms with Crippen molar-refractivity contribution in [1.29, 1.82) is 0 Å². The van der Waals surface area contributed by atoms with Crippen LogP contribution in [-0.4, -0.2) is 37.2 Å². The first-order valence-electron chi connectivity index (χ1n) is 11.3. The minimum atomic E-state index is -0.916. The number of anilines is 1. The Bertz CT molecular complexity index is 1250. The second-order valence-corrected chi connectivity index (χ2v) is 7.45. The van der Waals surface area contributed by atoms with Gasteiger partial charge in [0, 0.05) is 5.69 Å². The Morgan fingerprint density at radius 3 is 2.28 bits per heavy atom. The second-order valence-electron chi connectivity index (χ2n) is 7.45. The first-order chi connectivity index (χ1) is 17.4. The van der Waals surface area contributed by atoms with Gasteiger partial charge in [0.15, 0.2) is 11.5 Å². The van der Waals surface area contributed by atoms with E-state index in [9.17, 15) is 14.4 Å². The molecule has 36 heavy (non-hydrogen) atoms. The van der Waals surface area contributed by atoms with E-state index >= 15 is 0 Å². The fourth-order valence-electron chi connectivity index (χ4n) is 3.08. The maximum atomic E-state index is 12.6. The number of amides is 2. The molecule has 0 aliphatic rings. The third-order valence-corrected chi connectivity index (χ3v) is 4.85. The zero-order valence-corrected chi connectivity index (χ0v) is 20.2. The van der Waals surface area contributed by atoms with Gasteiger partial charge in [-0.15, -0.1) is 0 Å². The molecule has 0 atom stereocenters. The molecule has 2 N–H and O–H groups in total. The molecule has 186 valence electrons. The molecule has 0 aliphatic heterocycles. The largest absolute Gasteiger partial charge is 0.494 e. The Labute approximate surface area is 209 Å². The SMILES string of the molecule is CCOc1ccc(C(=O)Oc2ccc(/C=N/NC(=O)C(=O)Nc3ccccc3C)cc2OCC)cc1. The highest BCUT2D eigenvalue weighted by Crippen LogP contribution is 2.29. The van der Waals surface area contributed by atoms with Crippen molar-refractivity contribution >= 4 is 29.7 Å². The van der Waals surface area contributed by atoms with E-state index in [0.717, 1.165) is 5.56 Å². The fourth-order valence-corrected chi connectivity index (χ4v) is 3.08. The predicted molar refractivity (Wildman–Crippen MR) is 136 cm³/mol. The highest BCUT2D eigenvalue weighted by atomic mass is 16.6. The zero-order chi connectivity index (χ0) is 25.9. The molecule has 0 aliphatic carbocycles. The Morgan fingerprint density at radius 2 is 1.58 bits per heavy atom. The number of para-hydroxylation sites is 1. The first kappa shape index (κ1) is 26.0. The third kappa shape index (κ3) is 7.17. The molecule has 3 aromatic carbocycles. The summed E-state index contributed by atoms with van der Waals surface area (Å²) in [6.07, 6.45) is 1.35. The number of ether oxygens (including phenoxy) is 3. The topological polar surface area (TPSA) is 115 Å². The van der Waals surface area contributed by atoms with E-state index < -0.39 is 17.8 Å². The molecule has 3 aromatic rings. The van der Waals surface area contributed by atoms with E-state index in [2.05, 4.69) is 15.8 Å². The number of nitrogens with one attached hydrogen (secondary N) is 2. The summed E-state index contributed by atoms with van der Waals surface area (Å²) >= 11 is 0. The van der Waals surface area contributed by atoms with Crippen LogP contribution in [0.5, 0.6) is 17.2 Å². The molecule has 0 radical (unpaired) electrons. The van der Waals surface area contributed by atoms with Crippen molar-refractivity contribution in [3.05, 3.63) is 83.4 Å². The minimum Gasteiger partial charge on any atom is -0.494 e. The smallest absolute Gasteiger partial charge is 0.343 e. The van der Waals surface area contributed by atoms with Gasteiger partial charge in [0.25, 0.3) is 0 Å². The molecule has 0 saturated heterocycles. The molecule has 0 saturated carbocycles. The summed E-state index contributed by atoms with van der Waals surface area (Å²) in [5, 5.41) is 6.36. The van der Waals surface area contributed by atoms with Gasteiger partial charge in [-0.3, -0.25) is 9.59 Å². The summed E-state index contributed by atoms with van der Waals surface area (Å²) < 4.78 is 16.5. The number of carbonyl (C=O) groups excluding carboxylic acids is 3. The summed E-state index contributed by atoms with van der Waals surface area (Å²) in [6.45, 7) is 6.36. The third-order valence-electron chi connectivity index (χ3n) is 4.85. The fraction of sp³-hybridized carbons (Fsp3) is 0.185. The number of benzene rings is 3. The van der Waals surface area contributed by atoms with Crippen molar-refractivity contribution in [1.82, 2.24) is 5.43 Å². The van der Waals surface area contributed by atoms with Crippen LogP contribution in [0.1, 0.15) is 35.3 Å². The van der Waals surface area contributed by atoms with Crippen LogP contribution in [0.15, 0.2) is 71.8 Å². The predicted octanol–water partition coefficient (Wildman–Crippen LogP) is 4.10. The average molecular weight is 490 g/mol. The van der Waals surface area contributed by atoms with E-state index in [-0.39, 0.29) is 5.75 Å². The van der Waals surface area contributed by atoms with Crippen molar-refractivity contribution < 1.29 is 28.6 Å². The Kier molecular flexibility index (Phi) is 9.16. The van der Waals surface area contributed by atoms with Crippen LogP contribution in [0.4, 0.5) is 5.69 Å². The van der Waals surface area contributed by atoms with Crippen LogP contribution in [-0.2, 0) is 9.59 Å². The summed E-state index contributed by atoms with van der Waals surface area (Å²) in [4.78, 5) is 36.7.